The van der Waals surface area contributed by atoms with Crippen LogP contribution >= 0.6 is 0 Å². The summed E-state index contributed by atoms with van der Waals surface area (Å²) in [5, 5.41) is 4.67. The van der Waals surface area contributed by atoms with E-state index in [0.717, 1.165) is 12.1 Å². The molecule has 0 fully saturated rings. The Morgan fingerprint density at radius 3 is 2.29 bits per heavy atom. The number of hydrogen-bond acceptors (Lipinski definition) is 5. The molecule has 0 saturated carbocycles. The number of benzene rings is 2. The topological polar surface area (TPSA) is 102 Å². The number of amides is 2. The number of nitrogens with one attached hydrogen (secondary N) is 2. The number of ether oxygens (including phenoxy) is 1. The number of carbonyl (C=O) groups excluding carboxylic acids is 4. The number of esters is 1. The molecule has 0 spiro atoms. The Morgan fingerprint density at radius 1 is 1.00 bits per heavy atom. The lowest BCUT2D eigenvalue weighted by atomic mass is 10.1. The summed E-state index contributed by atoms with van der Waals surface area (Å²) >= 11 is 0. The summed E-state index contributed by atoms with van der Waals surface area (Å²) in [4.78, 5) is 46.3. The van der Waals surface area contributed by atoms with Crippen molar-refractivity contribution in [3.8, 4) is 0 Å². The molecule has 0 bridgehead atoms. The van der Waals surface area contributed by atoms with Gasteiger partial charge in [-0.15, -0.1) is 0 Å². The summed E-state index contributed by atoms with van der Waals surface area (Å²) in [6.07, 6.45) is 0. The Hall–Kier alpha value is -3.62. The van der Waals surface area contributed by atoms with Crippen molar-refractivity contribution in [2.75, 3.05) is 18.5 Å². The first-order valence-electron chi connectivity index (χ1n) is 8.06. The van der Waals surface area contributed by atoms with Crippen LogP contribution in [-0.2, 0) is 14.3 Å². The molecule has 7 nitrogen and oxygen atoms in total. The lowest BCUT2D eigenvalue weighted by Gasteiger charge is -2.07. The van der Waals surface area contributed by atoms with Crippen LogP contribution < -0.4 is 10.6 Å². The minimum Gasteiger partial charge on any atom is -0.456 e. The van der Waals surface area contributed by atoms with Gasteiger partial charge in [0.1, 0.15) is 18.2 Å². The predicted octanol–water partition coefficient (Wildman–Crippen LogP) is 2.08. The third-order valence-electron chi connectivity index (χ3n) is 3.46. The molecular formula is C19H16F2N2O5. The fourth-order valence-corrected chi connectivity index (χ4v) is 2.14. The van der Waals surface area contributed by atoms with E-state index in [1.54, 1.807) is 0 Å². The maximum absolute atomic E-state index is 13.5. The van der Waals surface area contributed by atoms with Crippen LogP contribution in [-0.4, -0.2) is 36.7 Å². The van der Waals surface area contributed by atoms with Crippen LogP contribution in [0.15, 0.2) is 42.5 Å². The first-order valence-corrected chi connectivity index (χ1v) is 8.06. The number of halogens is 2. The summed E-state index contributed by atoms with van der Waals surface area (Å²) in [6, 6.07) is 8.36. The van der Waals surface area contributed by atoms with Gasteiger partial charge in [-0.1, -0.05) is 0 Å². The van der Waals surface area contributed by atoms with E-state index in [-0.39, 0.29) is 11.5 Å². The van der Waals surface area contributed by atoms with Gasteiger partial charge in [0.25, 0.3) is 5.91 Å². The van der Waals surface area contributed by atoms with Crippen LogP contribution in [0, 0.1) is 11.6 Å². The molecule has 2 aromatic carbocycles. The minimum absolute atomic E-state index is 0.254. The van der Waals surface area contributed by atoms with E-state index in [1.165, 1.54) is 31.2 Å². The van der Waals surface area contributed by atoms with Crippen molar-refractivity contribution < 1.29 is 32.7 Å². The molecule has 0 heterocycles. The highest BCUT2D eigenvalue weighted by atomic mass is 19.1. The second-order valence-corrected chi connectivity index (χ2v) is 5.65. The van der Waals surface area contributed by atoms with Gasteiger partial charge >= 0.3 is 5.97 Å². The SMILES string of the molecule is CC(=O)Nc1ccc(C(=O)COC(=O)CNC(=O)c2ccc(F)cc2F)cc1. The van der Waals surface area contributed by atoms with Crippen LogP contribution in [0.1, 0.15) is 27.6 Å². The standard InChI is InChI=1S/C19H16F2N2O5/c1-11(24)23-14-5-2-12(3-6-14)17(25)10-28-18(26)9-22-19(27)15-7-4-13(20)8-16(15)21/h2-8H,9-10H2,1H3,(H,22,27)(H,23,24). The van der Waals surface area contributed by atoms with Crippen LogP contribution in [0.2, 0.25) is 0 Å². The molecule has 0 unspecified atom stereocenters. The van der Waals surface area contributed by atoms with Gasteiger partial charge in [0.05, 0.1) is 5.56 Å². The van der Waals surface area contributed by atoms with E-state index in [0.29, 0.717) is 11.8 Å². The van der Waals surface area contributed by atoms with E-state index in [1.807, 2.05) is 0 Å². The van der Waals surface area contributed by atoms with Gasteiger partial charge in [0, 0.05) is 24.2 Å². The second-order valence-electron chi connectivity index (χ2n) is 5.65. The van der Waals surface area contributed by atoms with Crippen LogP contribution in [0.3, 0.4) is 0 Å². The Bertz CT molecular complexity index is 913. The average Bonchev–Trinajstić information content (AvgIpc) is 2.64. The van der Waals surface area contributed by atoms with Crippen molar-refractivity contribution in [3.05, 3.63) is 65.2 Å². The maximum Gasteiger partial charge on any atom is 0.325 e. The van der Waals surface area contributed by atoms with Gasteiger partial charge in [0.15, 0.2) is 12.4 Å². The summed E-state index contributed by atoms with van der Waals surface area (Å²) in [5.74, 6) is -4.47. The molecule has 9 heteroatoms. The highest BCUT2D eigenvalue weighted by Gasteiger charge is 2.15. The highest BCUT2D eigenvalue weighted by molar-refractivity contribution is 5.99. The van der Waals surface area contributed by atoms with Crippen LogP contribution in [0.4, 0.5) is 14.5 Å². The molecule has 0 aromatic heterocycles. The summed E-state index contributed by atoms with van der Waals surface area (Å²) < 4.78 is 31.1. The number of Topliss-reactive ketones (excluding diaryl/α,β-unsaturated/α-hetero) is 1. The first kappa shape index (κ1) is 20.7. The zero-order valence-corrected chi connectivity index (χ0v) is 14.8. The molecule has 2 aromatic rings. The molecular weight excluding hydrogens is 374 g/mol. The summed E-state index contributed by atoms with van der Waals surface area (Å²) in [7, 11) is 0. The molecule has 0 aliphatic heterocycles. The van der Waals surface area contributed by atoms with E-state index in [4.69, 9.17) is 4.74 Å². The van der Waals surface area contributed by atoms with Crippen molar-refractivity contribution in [3.63, 3.8) is 0 Å². The maximum atomic E-state index is 13.5. The zero-order chi connectivity index (χ0) is 20.7. The van der Waals surface area contributed by atoms with E-state index in [9.17, 15) is 28.0 Å². The Balaban J connectivity index is 1.80. The summed E-state index contributed by atoms with van der Waals surface area (Å²) in [5.41, 5.74) is 0.348. The van der Waals surface area contributed by atoms with Gasteiger partial charge in [-0.3, -0.25) is 19.2 Å². The van der Waals surface area contributed by atoms with Crippen molar-refractivity contribution >= 4 is 29.3 Å². The number of hydrogen-bond donors (Lipinski definition) is 2. The van der Waals surface area contributed by atoms with Crippen LogP contribution in [0.5, 0.6) is 0 Å². The molecule has 146 valence electrons. The van der Waals surface area contributed by atoms with Crippen LogP contribution in [0.25, 0.3) is 0 Å². The Labute approximate surface area is 158 Å². The van der Waals surface area contributed by atoms with E-state index < -0.39 is 48.0 Å². The van der Waals surface area contributed by atoms with Gasteiger partial charge in [0.2, 0.25) is 5.91 Å². The van der Waals surface area contributed by atoms with E-state index >= 15 is 0 Å². The highest BCUT2D eigenvalue weighted by Crippen LogP contribution is 2.11. The molecule has 0 atom stereocenters. The molecule has 0 aliphatic carbocycles. The normalized spacial score (nSPS) is 10.1. The lowest BCUT2D eigenvalue weighted by Crippen LogP contribution is -2.32. The van der Waals surface area contributed by atoms with Crippen molar-refractivity contribution in [1.82, 2.24) is 5.32 Å². The monoisotopic (exact) mass is 390 g/mol. The first-order chi connectivity index (χ1) is 13.3. The number of anilines is 1. The summed E-state index contributed by atoms with van der Waals surface area (Å²) in [6.45, 7) is 0.200. The predicted molar refractivity (Wildman–Crippen MR) is 94.7 cm³/mol. The third-order valence-corrected chi connectivity index (χ3v) is 3.46. The third kappa shape index (κ3) is 5.97. The van der Waals surface area contributed by atoms with Gasteiger partial charge in [-0.05, 0) is 36.4 Å². The Kier molecular flexibility index (Phi) is 6.91. The number of rotatable bonds is 7. The molecule has 2 rings (SSSR count). The fourth-order valence-electron chi connectivity index (χ4n) is 2.14. The smallest absolute Gasteiger partial charge is 0.325 e. The average molecular weight is 390 g/mol. The lowest BCUT2D eigenvalue weighted by molar-refractivity contribution is -0.141. The van der Waals surface area contributed by atoms with Crippen molar-refractivity contribution in [2.45, 2.75) is 6.92 Å². The van der Waals surface area contributed by atoms with Gasteiger partial charge in [-0.25, -0.2) is 8.78 Å². The van der Waals surface area contributed by atoms with E-state index in [2.05, 4.69) is 10.6 Å². The largest absolute Gasteiger partial charge is 0.456 e. The fraction of sp³-hybridized carbons (Fsp3) is 0.158. The number of carbonyl (C=O) groups is 4. The molecule has 28 heavy (non-hydrogen) atoms. The van der Waals surface area contributed by atoms with Gasteiger partial charge < -0.3 is 15.4 Å². The minimum atomic E-state index is -1.07. The molecule has 0 saturated heterocycles. The second kappa shape index (κ2) is 9.36. The van der Waals surface area contributed by atoms with Gasteiger partial charge in [-0.2, -0.15) is 0 Å². The van der Waals surface area contributed by atoms with Crippen molar-refractivity contribution in [1.29, 1.82) is 0 Å². The molecule has 2 amide bonds. The molecule has 2 N–H and O–H groups in total. The molecule has 0 aliphatic rings. The number of ketones is 1. The Morgan fingerprint density at radius 2 is 1.68 bits per heavy atom. The molecule has 0 radical (unpaired) electrons. The quantitative estimate of drug-likeness (QED) is 0.557. The van der Waals surface area contributed by atoms with Crippen molar-refractivity contribution in [2.24, 2.45) is 0 Å². The zero-order valence-electron chi connectivity index (χ0n) is 14.8.